The highest BCUT2D eigenvalue weighted by atomic mass is 35.5. The molecule has 0 saturated heterocycles. The topological polar surface area (TPSA) is 94.0 Å². The minimum Gasteiger partial charge on any atom is -0.399 e. The van der Waals surface area contributed by atoms with E-state index >= 15 is 0 Å². The van der Waals surface area contributed by atoms with Crippen molar-refractivity contribution >= 4 is 24.0 Å². The summed E-state index contributed by atoms with van der Waals surface area (Å²) in [5.41, 5.74) is 9.88. The van der Waals surface area contributed by atoms with Gasteiger partial charge in [0.1, 0.15) is 0 Å². The average molecular weight is 387 g/mol. The third kappa shape index (κ3) is 5.08. The summed E-state index contributed by atoms with van der Waals surface area (Å²) in [5, 5.41) is 6.84. The van der Waals surface area contributed by atoms with Crippen LogP contribution in [-0.2, 0) is 12.8 Å². The summed E-state index contributed by atoms with van der Waals surface area (Å²) in [4.78, 5) is 16.6. The molecule has 0 aliphatic heterocycles. The molecular formula is C20H23ClN4O2. The van der Waals surface area contributed by atoms with Crippen molar-refractivity contribution in [1.82, 2.24) is 15.5 Å². The number of benzene rings is 2. The largest absolute Gasteiger partial charge is 0.399 e. The van der Waals surface area contributed by atoms with Crippen molar-refractivity contribution < 1.29 is 9.32 Å². The van der Waals surface area contributed by atoms with Crippen LogP contribution in [0.1, 0.15) is 34.2 Å². The molecule has 0 aliphatic rings. The first-order valence-corrected chi connectivity index (χ1v) is 8.63. The van der Waals surface area contributed by atoms with Crippen LogP contribution in [0.4, 0.5) is 5.69 Å². The molecule has 0 unspecified atom stereocenters. The van der Waals surface area contributed by atoms with E-state index < -0.39 is 0 Å². The lowest BCUT2D eigenvalue weighted by Gasteiger charge is -2.09. The van der Waals surface area contributed by atoms with Crippen LogP contribution in [-0.4, -0.2) is 22.6 Å². The zero-order chi connectivity index (χ0) is 18.5. The molecule has 0 saturated carbocycles. The highest BCUT2D eigenvalue weighted by Crippen LogP contribution is 2.18. The molecule has 0 atom stereocenters. The number of anilines is 1. The molecule has 1 aromatic heterocycles. The first kappa shape index (κ1) is 20.5. The Balaban J connectivity index is 0.00000261. The number of aromatic nitrogens is 2. The monoisotopic (exact) mass is 386 g/mol. The number of carbonyl (C=O) groups excluding carboxylic acids is 1. The van der Waals surface area contributed by atoms with Gasteiger partial charge in [0.15, 0.2) is 5.82 Å². The van der Waals surface area contributed by atoms with E-state index in [9.17, 15) is 4.79 Å². The van der Waals surface area contributed by atoms with Crippen molar-refractivity contribution in [3.05, 3.63) is 65.0 Å². The zero-order valence-corrected chi connectivity index (χ0v) is 16.2. The Morgan fingerprint density at radius 1 is 1.19 bits per heavy atom. The van der Waals surface area contributed by atoms with Crippen molar-refractivity contribution in [1.29, 1.82) is 0 Å². The minimum atomic E-state index is -0.107. The average Bonchev–Trinajstić information content (AvgIpc) is 3.13. The second-order valence-electron chi connectivity index (χ2n) is 6.15. The number of hydrogen-bond acceptors (Lipinski definition) is 5. The zero-order valence-electron chi connectivity index (χ0n) is 15.4. The van der Waals surface area contributed by atoms with E-state index in [1.807, 2.05) is 44.2 Å². The lowest BCUT2D eigenvalue weighted by atomic mass is 10.1. The van der Waals surface area contributed by atoms with E-state index in [-0.39, 0.29) is 18.3 Å². The first-order chi connectivity index (χ1) is 12.6. The summed E-state index contributed by atoms with van der Waals surface area (Å²) in [5.74, 6) is 1.12. The van der Waals surface area contributed by atoms with Gasteiger partial charge in [0.25, 0.3) is 11.8 Å². The molecule has 0 aliphatic carbocycles. The van der Waals surface area contributed by atoms with Gasteiger partial charge in [0, 0.05) is 29.8 Å². The lowest BCUT2D eigenvalue weighted by molar-refractivity contribution is 0.0953. The smallest absolute Gasteiger partial charge is 0.257 e. The van der Waals surface area contributed by atoms with Crippen LogP contribution in [0.15, 0.2) is 47.0 Å². The van der Waals surface area contributed by atoms with Gasteiger partial charge in [-0.15, -0.1) is 12.4 Å². The summed E-state index contributed by atoms with van der Waals surface area (Å²) in [6, 6.07) is 13.3. The number of carbonyl (C=O) groups is 1. The number of amides is 1. The van der Waals surface area contributed by atoms with E-state index in [0.29, 0.717) is 29.5 Å². The van der Waals surface area contributed by atoms with E-state index in [1.54, 1.807) is 12.1 Å². The van der Waals surface area contributed by atoms with Gasteiger partial charge in [-0.25, -0.2) is 0 Å². The van der Waals surface area contributed by atoms with Crippen molar-refractivity contribution in [2.75, 3.05) is 12.3 Å². The normalized spacial score (nSPS) is 10.3. The van der Waals surface area contributed by atoms with E-state index in [4.69, 9.17) is 10.3 Å². The Labute approximate surface area is 164 Å². The second-order valence-corrected chi connectivity index (χ2v) is 6.15. The molecule has 142 valence electrons. The molecule has 3 aromatic rings. The van der Waals surface area contributed by atoms with Gasteiger partial charge in [0.2, 0.25) is 0 Å². The predicted octanol–water partition coefficient (Wildman–Crippen LogP) is 3.58. The van der Waals surface area contributed by atoms with Gasteiger partial charge in [-0.2, -0.15) is 4.98 Å². The molecule has 7 heteroatoms. The fraction of sp³-hybridized carbons (Fsp3) is 0.250. The molecule has 0 fully saturated rings. The van der Waals surface area contributed by atoms with Crippen molar-refractivity contribution in [3.63, 3.8) is 0 Å². The third-order valence-electron chi connectivity index (χ3n) is 4.19. The fourth-order valence-electron chi connectivity index (χ4n) is 2.63. The van der Waals surface area contributed by atoms with Gasteiger partial charge in [-0.1, -0.05) is 30.3 Å². The highest BCUT2D eigenvalue weighted by molar-refractivity contribution is 5.96. The maximum absolute atomic E-state index is 12.3. The number of hydrogen-bond donors (Lipinski definition) is 2. The molecule has 3 N–H and O–H groups in total. The SMILES string of the molecule is CCc1noc(-c2ccc(CCNC(=O)c3cc(N)ccc3C)cc2)n1.Cl. The maximum Gasteiger partial charge on any atom is 0.257 e. The van der Waals surface area contributed by atoms with Crippen LogP contribution >= 0.6 is 12.4 Å². The Morgan fingerprint density at radius 3 is 2.59 bits per heavy atom. The van der Waals surface area contributed by atoms with Crippen LogP contribution in [0.2, 0.25) is 0 Å². The summed E-state index contributed by atoms with van der Waals surface area (Å²) >= 11 is 0. The Morgan fingerprint density at radius 2 is 1.93 bits per heavy atom. The number of halogens is 1. The van der Waals surface area contributed by atoms with Crippen LogP contribution in [0, 0.1) is 6.92 Å². The van der Waals surface area contributed by atoms with Crippen LogP contribution < -0.4 is 11.1 Å². The molecule has 1 heterocycles. The molecule has 0 spiro atoms. The van der Waals surface area contributed by atoms with Crippen molar-refractivity contribution in [3.8, 4) is 11.5 Å². The Kier molecular flexibility index (Phi) is 6.96. The maximum atomic E-state index is 12.3. The first-order valence-electron chi connectivity index (χ1n) is 8.63. The number of nitrogen functional groups attached to an aromatic ring is 1. The standard InChI is InChI=1S/C20H22N4O2.ClH/c1-3-18-23-20(26-24-18)15-7-5-14(6-8-15)10-11-22-19(25)17-12-16(21)9-4-13(17)2;/h4-9,12H,3,10-11,21H2,1-2H3,(H,22,25);1H. The van der Waals surface area contributed by atoms with Gasteiger partial charge in [-0.05, 0) is 48.7 Å². The fourth-order valence-corrected chi connectivity index (χ4v) is 2.63. The number of nitrogens with one attached hydrogen (secondary N) is 1. The van der Waals surface area contributed by atoms with Gasteiger partial charge in [-0.3, -0.25) is 4.79 Å². The van der Waals surface area contributed by atoms with Gasteiger partial charge in [0.05, 0.1) is 0 Å². The second kappa shape index (κ2) is 9.19. The molecule has 0 bridgehead atoms. The summed E-state index contributed by atoms with van der Waals surface area (Å²) < 4.78 is 5.24. The number of nitrogens with zero attached hydrogens (tertiary/aromatic N) is 2. The number of rotatable bonds is 6. The number of nitrogens with two attached hydrogens (primary N) is 1. The molecule has 2 aromatic carbocycles. The predicted molar refractivity (Wildman–Crippen MR) is 108 cm³/mol. The van der Waals surface area contributed by atoms with Gasteiger partial charge >= 0.3 is 0 Å². The van der Waals surface area contributed by atoms with Crippen molar-refractivity contribution in [2.45, 2.75) is 26.7 Å². The quantitative estimate of drug-likeness (QED) is 0.631. The molecule has 27 heavy (non-hydrogen) atoms. The summed E-state index contributed by atoms with van der Waals surface area (Å²) in [6.07, 6.45) is 1.48. The van der Waals surface area contributed by atoms with Crippen LogP contribution in [0.5, 0.6) is 0 Å². The third-order valence-corrected chi connectivity index (χ3v) is 4.19. The summed E-state index contributed by atoms with van der Waals surface area (Å²) in [7, 11) is 0. The molecule has 6 nitrogen and oxygen atoms in total. The minimum absolute atomic E-state index is 0. The van der Waals surface area contributed by atoms with Gasteiger partial charge < -0.3 is 15.6 Å². The molecular weight excluding hydrogens is 364 g/mol. The van der Waals surface area contributed by atoms with Crippen molar-refractivity contribution in [2.24, 2.45) is 0 Å². The van der Waals surface area contributed by atoms with Crippen LogP contribution in [0.25, 0.3) is 11.5 Å². The summed E-state index contributed by atoms with van der Waals surface area (Å²) in [6.45, 7) is 4.43. The lowest BCUT2D eigenvalue weighted by Crippen LogP contribution is -2.26. The molecule has 0 radical (unpaired) electrons. The number of aryl methyl sites for hydroxylation is 2. The van der Waals surface area contributed by atoms with E-state index in [2.05, 4.69) is 15.5 Å². The van der Waals surface area contributed by atoms with Crippen LogP contribution in [0.3, 0.4) is 0 Å². The van der Waals surface area contributed by atoms with E-state index in [0.717, 1.165) is 29.5 Å². The Bertz CT molecular complexity index is 907. The Hall–Kier alpha value is -2.86. The molecule has 1 amide bonds. The van der Waals surface area contributed by atoms with E-state index in [1.165, 1.54) is 0 Å². The highest BCUT2D eigenvalue weighted by Gasteiger charge is 2.10. The molecule has 3 rings (SSSR count).